The summed E-state index contributed by atoms with van der Waals surface area (Å²) in [5.74, 6) is 0.145. The lowest BCUT2D eigenvalue weighted by atomic mass is 10.1. The second kappa shape index (κ2) is 5.40. The van der Waals surface area contributed by atoms with E-state index in [1.807, 2.05) is 52.5 Å². The Hall–Kier alpha value is -2.43. The van der Waals surface area contributed by atoms with Crippen LogP contribution < -0.4 is 0 Å². The van der Waals surface area contributed by atoms with Crippen molar-refractivity contribution >= 4 is 17.9 Å². The van der Waals surface area contributed by atoms with E-state index in [2.05, 4.69) is 10.2 Å². The van der Waals surface area contributed by atoms with E-state index in [-0.39, 0.29) is 5.78 Å². The quantitative estimate of drug-likeness (QED) is 0.800. The highest BCUT2D eigenvalue weighted by Crippen LogP contribution is 2.30. The summed E-state index contributed by atoms with van der Waals surface area (Å²) in [4.78, 5) is 12.6. The average Bonchev–Trinajstić information content (AvgIpc) is 3.04. The molecule has 0 unspecified atom stereocenters. The van der Waals surface area contributed by atoms with Crippen molar-refractivity contribution in [3.63, 3.8) is 0 Å². The van der Waals surface area contributed by atoms with Crippen LogP contribution in [0.2, 0.25) is 0 Å². The van der Waals surface area contributed by atoms with Gasteiger partial charge in [-0.25, -0.2) is 0 Å². The molecule has 0 spiro atoms. The molecule has 0 amide bonds. The molecule has 3 rings (SSSR count). The third kappa shape index (κ3) is 2.66. The van der Waals surface area contributed by atoms with Crippen LogP contribution in [0, 0.1) is 13.8 Å². The Morgan fingerprint density at radius 1 is 0.909 bits per heavy atom. The second-order valence-corrected chi connectivity index (χ2v) is 5.86. The normalized spacial score (nSPS) is 18.8. The van der Waals surface area contributed by atoms with E-state index in [0.29, 0.717) is 0 Å². The van der Waals surface area contributed by atoms with Gasteiger partial charge in [-0.1, -0.05) is 0 Å². The Balaban J connectivity index is 1.89. The molecule has 1 aliphatic rings. The number of hydrogen-bond donors (Lipinski definition) is 0. The maximum absolute atomic E-state index is 12.6. The van der Waals surface area contributed by atoms with Gasteiger partial charge in [-0.15, -0.1) is 0 Å². The molecule has 2 aromatic heterocycles. The number of rotatable bonds is 2. The molecular formula is C17H20N4O. The lowest BCUT2D eigenvalue weighted by Crippen LogP contribution is -1.95. The van der Waals surface area contributed by atoms with Crippen LogP contribution >= 0.6 is 0 Å². The van der Waals surface area contributed by atoms with Crippen LogP contribution in [-0.4, -0.2) is 25.3 Å². The van der Waals surface area contributed by atoms with Crippen molar-refractivity contribution in [2.75, 3.05) is 0 Å². The zero-order valence-corrected chi connectivity index (χ0v) is 13.4. The monoisotopic (exact) mass is 296 g/mol. The molecule has 0 aromatic carbocycles. The Kier molecular flexibility index (Phi) is 3.56. The lowest BCUT2D eigenvalue weighted by molar-refractivity contribution is -0.111. The Morgan fingerprint density at radius 3 is 1.64 bits per heavy atom. The molecule has 0 bridgehead atoms. The Morgan fingerprint density at radius 2 is 1.32 bits per heavy atom. The number of nitrogens with zero attached hydrogens (tertiary/aromatic N) is 4. The number of carbonyl (C=O) groups is 1. The summed E-state index contributed by atoms with van der Waals surface area (Å²) in [5.41, 5.74) is 5.66. The van der Waals surface area contributed by atoms with Gasteiger partial charge in [0, 0.05) is 48.8 Å². The molecule has 1 aliphatic carbocycles. The number of aromatic nitrogens is 4. The fourth-order valence-corrected chi connectivity index (χ4v) is 2.87. The smallest absolute Gasteiger partial charge is 0.185 e. The Labute approximate surface area is 129 Å². The van der Waals surface area contributed by atoms with Crippen LogP contribution in [0.5, 0.6) is 0 Å². The van der Waals surface area contributed by atoms with E-state index in [9.17, 15) is 4.79 Å². The van der Waals surface area contributed by atoms with Crippen molar-refractivity contribution in [1.82, 2.24) is 19.6 Å². The standard InChI is InChI=1S/C17H20N4O/c1-11-15(9-20(3)18-11)7-13-5-6-14(17(13)22)8-16-10-21(4)19-12(16)2/h7-10H,5-6H2,1-4H3. The van der Waals surface area contributed by atoms with E-state index < -0.39 is 0 Å². The fraction of sp³-hybridized carbons (Fsp3) is 0.353. The third-order valence-corrected chi connectivity index (χ3v) is 4.01. The first-order valence-corrected chi connectivity index (χ1v) is 7.40. The fourth-order valence-electron chi connectivity index (χ4n) is 2.87. The molecule has 0 aliphatic heterocycles. The van der Waals surface area contributed by atoms with E-state index >= 15 is 0 Å². The van der Waals surface area contributed by atoms with Crippen molar-refractivity contribution in [2.24, 2.45) is 14.1 Å². The van der Waals surface area contributed by atoms with Crippen LogP contribution in [0.3, 0.4) is 0 Å². The molecule has 1 saturated carbocycles. The number of allylic oxidation sites excluding steroid dienone is 2. The molecule has 22 heavy (non-hydrogen) atoms. The summed E-state index contributed by atoms with van der Waals surface area (Å²) in [6, 6.07) is 0. The highest BCUT2D eigenvalue weighted by molar-refractivity contribution is 6.15. The van der Waals surface area contributed by atoms with Gasteiger partial charge in [-0.2, -0.15) is 10.2 Å². The maximum atomic E-state index is 12.6. The summed E-state index contributed by atoms with van der Waals surface area (Å²) in [5, 5.41) is 8.63. The molecule has 0 radical (unpaired) electrons. The van der Waals surface area contributed by atoms with Crippen molar-refractivity contribution in [3.8, 4) is 0 Å². The van der Waals surface area contributed by atoms with Crippen molar-refractivity contribution in [1.29, 1.82) is 0 Å². The van der Waals surface area contributed by atoms with Gasteiger partial charge < -0.3 is 0 Å². The SMILES string of the molecule is Cc1nn(C)cc1C=C1CCC(=Cc2cn(C)nc2C)C1=O. The van der Waals surface area contributed by atoms with Crippen molar-refractivity contribution in [3.05, 3.63) is 46.1 Å². The van der Waals surface area contributed by atoms with Gasteiger partial charge in [0.1, 0.15) is 0 Å². The zero-order chi connectivity index (χ0) is 15.9. The second-order valence-electron chi connectivity index (χ2n) is 5.86. The highest BCUT2D eigenvalue weighted by atomic mass is 16.1. The summed E-state index contributed by atoms with van der Waals surface area (Å²) < 4.78 is 3.55. The van der Waals surface area contributed by atoms with Crippen LogP contribution in [0.15, 0.2) is 23.5 Å². The molecule has 0 atom stereocenters. The minimum atomic E-state index is 0.145. The molecule has 114 valence electrons. The number of hydrogen-bond acceptors (Lipinski definition) is 3. The predicted molar refractivity (Wildman–Crippen MR) is 86.1 cm³/mol. The van der Waals surface area contributed by atoms with Crippen LogP contribution in [0.4, 0.5) is 0 Å². The van der Waals surface area contributed by atoms with Gasteiger partial charge in [-0.05, 0) is 38.8 Å². The van der Waals surface area contributed by atoms with Gasteiger partial charge in [0.2, 0.25) is 0 Å². The van der Waals surface area contributed by atoms with Gasteiger partial charge in [0.25, 0.3) is 0 Å². The van der Waals surface area contributed by atoms with Gasteiger partial charge in [-0.3, -0.25) is 14.2 Å². The number of aryl methyl sites for hydroxylation is 4. The largest absolute Gasteiger partial charge is 0.289 e. The first-order valence-electron chi connectivity index (χ1n) is 7.40. The number of Topliss-reactive ketones (excluding diaryl/α,β-unsaturated/α-hetero) is 1. The minimum absolute atomic E-state index is 0.145. The van der Waals surface area contributed by atoms with Gasteiger partial charge in [0.05, 0.1) is 11.4 Å². The van der Waals surface area contributed by atoms with Gasteiger partial charge in [0.15, 0.2) is 5.78 Å². The molecule has 2 aromatic rings. The predicted octanol–water partition coefficient (Wildman–Crippen LogP) is 2.60. The van der Waals surface area contributed by atoms with Crippen LogP contribution in [0.25, 0.3) is 12.2 Å². The van der Waals surface area contributed by atoms with Crippen molar-refractivity contribution in [2.45, 2.75) is 26.7 Å². The molecule has 5 heteroatoms. The Bertz CT molecular complexity index is 738. The highest BCUT2D eigenvalue weighted by Gasteiger charge is 2.23. The van der Waals surface area contributed by atoms with Gasteiger partial charge >= 0.3 is 0 Å². The van der Waals surface area contributed by atoms with E-state index in [1.54, 1.807) is 9.36 Å². The molecule has 0 N–H and O–H groups in total. The maximum Gasteiger partial charge on any atom is 0.185 e. The molecular weight excluding hydrogens is 276 g/mol. The first-order chi connectivity index (χ1) is 10.4. The zero-order valence-electron chi connectivity index (χ0n) is 13.4. The van der Waals surface area contributed by atoms with Crippen molar-refractivity contribution < 1.29 is 4.79 Å². The lowest BCUT2D eigenvalue weighted by Gasteiger charge is -1.95. The van der Waals surface area contributed by atoms with E-state index in [1.165, 1.54) is 0 Å². The topological polar surface area (TPSA) is 52.7 Å². The molecule has 2 heterocycles. The number of ketones is 1. The van der Waals surface area contributed by atoms with E-state index in [4.69, 9.17) is 0 Å². The number of carbonyl (C=O) groups excluding carboxylic acids is 1. The summed E-state index contributed by atoms with van der Waals surface area (Å²) in [6.45, 7) is 3.92. The first kappa shape index (κ1) is 14.5. The third-order valence-electron chi connectivity index (χ3n) is 4.01. The minimum Gasteiger partial charge on any atom is -0.289 e. The average molecular weight is 296 g/mol. The van der Waals surface area contributed by atoms with Crippen LogP contribution in [0.1, 0.15) is 35.4 Å². The molecule has 1 fully saturated rings. The summed E-state index contributed by atoms with van der Waals surface area (Å²) in [6.07, 6.45) is 9.42. The molecule has 5 nitrogen and oxygen atoms in total. The summed E-state index contributed by atoms with van der Waals surface area (Å²) >= 11 is 0. The van der Waals surface area contributed by atoms with Crippen LogP contribution in [-0.2, 0) is 18.9 Å². The summed E-state index contributed by atoms with van der Waals surface area (Å²) in [7, 11) is 3.78. The molecule has 0 saturated heterocycles. The van der Waals surface area contributed by atoms with E-state index in [0.717, 1.165) is 46.5 Å².